The van der Waals surface area contributed by atoms with Gasteiger partial charge in [0.15, 0.2) is 5.13 Å². The van der Waals surface area contributed by atoms with Crippen molar-refractivity contribution in [2.24, 2.45) is 0 Å². The Kier molecular flexibility index (Phi) is 5.14. The van der Waals surface area contributed by atoms with Gasteiger partial charge in [0.1, 0.15) is 0 Å². The molecule has 0 N–H and O–H groups in total. The summed E-state index contributed by atoms with van der Waals surface area (Å²) in [5, 5.41) is 0.691. The van der Waals surface area contributed by atoms with Crippen LogP contribution in [0.15, 0.2) is 79.1 Å². The number of hydrogen-bond acceptors (Lipinski definition) is 5. The summed E-state index contributed by atoms with van der Waals surface area (Å²) in [5.74, 6) is -0.105. The van der Waals surface area contributed by atoms with E-state index in [1.54, 1.807) is 40.8 Å². The Morgan fingerprint density at radius 1 is 0.871 bits per heavy atom. The van der Waals surface area contributed by atoms with E-state index in [2.05, 4.69) is 29.0 Å². The van der Waals surface area contributed by atoms with Gasteiger partial charge in [-0.05, 0) is 47.9 Å². The van der Waals surface area contributed by atoms with Gasteiger partial charge in [-0.3, -0.25) is 19.7 Å². The third-order valence-electron chi connectivity index (χ3n) is 5.23. The zero-order valence-electron chi connectivity index (χ0n) is 17.0. The molecule has 0 atom stereocenters. The number of rotatable bonds is 5. The van der Waals surface area contributed by atoms with Gasteiger partial charge in [-0.15, -0.1) is 0 Å². The number of aryl methyl sites for hydroxylation is 1. The van der Waals surface area contributed by atoms with Crippen molar-refractivity contribution in [2.45, 2.75) is 19.9 Å². The van der Waals surface area contributed by atoms with Crippen LogP contribution in [-0.4, -0.2) is 20.9 Å². The van der Waals surface area contributed by atoms with Crippen molar-refractivity contribution in [3.8, 4) is 0 Å². The monoisotopic (exact) mass is 424 g/mol. The van der Waals surface area contributed by atoms with Crippen LogP contribution in [0.5, 0.6) is 0 Å². The van der Waals surface area contributed by atoms with Crippen molar-refractivity contribution in [1.82, 2.24) is 15.0 Å². The van der Waals surface area contributed by atoms with Crippen molar-refractivity contribution < 1.29 is 4.79 Å². The molecule has 0 aliphatic rings. The number of aromatic nitrogens is 3. The lowest BCUT2D eigenvalue weighted by Gasteiger charge is -2.20. The molecular formula is C25H20N4OS. The fraction of sp³-hybridized carbons (Fsp3) is 0.120. The van der Waals surface area contributed by atoms with Crippen molar-refractivity contribution in [2.75, 3.05) is 4.90 Å². The maximum Gasteiger partial charge on any atom is 0.260 e. The minimum absolute atomic E-state index is 0.105. The molecule has 2 heterocycles. The molecule has 0 fully saturated rings. The summed E-state index contributed by atoms with van der Waals surface area (Å²) >= 11 is 1.55. The number of anilines is 1. The molecule has 0 radical (unpaired) electrons. The number of hydrogen-bond donors (Lipinski definition) is 0. The van der Waals surface area contributed by atoms with Crippen molar-refractivity contribution in [3.05, 3.63) is 95.8 Å². The summed E-state index contributed by atoms with van der Waals surface area (Å²) in [7, 11) is 0. The first-order valence-corrected chi connectivity index (χ1v) is 11.0. The second-order valence-electron chi connectivity index (χ2n) is 7.29. The van der Waals surface area contributed by atoms with Crippen LogP contribution in [0.4, 0.5) is 5.13 Å². The van der Waals surface area contributed by atoms with Crippen LogP contribution in [0.1, 0.15) is 28.4 Å². The molecule has 0 spiro atoms. The van der Waals surface area contributed by atoms with Crippen LogP contribution in [-0.2, 0) is 13.0 Å². The molecular weight excluding hydrogens is 404 g/mol. The number of nitrogens with zero attached hydrogens (tertiary/aromatic N) is 4. The fourth-order valence-electron chi connectivity index (χ4n) is 3.54. The smallest absolute Gasteiger partial charge is 0.260 e. The van der Waals surface area contributed by atoms with E-state index in [0.717, 1.165) is 27.7 Å². The lowest BCUT2D eigenvalue weighted by atomic mass is 10.1. The molecule has 1 amide bonds. The zero-order valence-corrected chi connectivity index (χ0v) is 17.8. The quantitative estimate of drug-likeness (QED) is 0.366. The van der Waals surface area contributed by atoms with E-state index < -0.39 is 0 Å². The van der Waals surface area contributed by atoms with Gasteiger partial charge in [0.25, 0.3) is 5.91 Å². The van der Waals surface area contributed by atoms with Gasteiger partial charge in [-0.1, -0.05) is 54.7 Å². The van der Waals surface area contributed by atoms with E-state index >= 15 is 0 Å². The van der Waals surface area contributed by atoms with Crippen molar-refractivity contribution in [3.63, 3.8) is 0 Å². The summed E-state index contributed by atoms with van der Waals surface area (Å²) in [6.45, 7) is 2.58. The second-order valence-corrected chi connectivity index (χ2v) is 8.30. The first-order valence-electron chi connectivity index (χ1n) is 10.2. The molecule has 5 nitrogen and oxygen atoms in total. The van der Waals surface area contributed by atoms with E-state index in [-0.39, 0.29) is 5.91 Å². The molecule has 0 bridgehead atoms. The second kappa shape index (κ2) is 8.24. The van der Waals surface area contributed by atoms with Gasteiger partial charge in [-0.2, -0.15) is 0 Å². The highest BCUT2D eigenvalue weighted by molar-refractivity contribution is 7.22. The molecule has 2 aromatic heterocycles. The van der Waals surface area contributed by atoms with Gasteiger partial charge in [0, 0.05) is 18.0 Å². The van der Waals surface area contributed by atoms with Crippen LogP contribution >= 0.6 is 11.3 Å². The van der Waals surface area contributed by atoms with E-state index in [4.69, 9.17) is 4.98 Å². The minimum atomic E-state index is -0.105. The molecule has 0 aliphatic carbocycles. The van der Waals surface area contributed by atoms with Crippen LogP contribution in [0.2, 0.25) is 0 Å². The highest BCUT2D eigenvalue weighted by Crippen LogP contribution is 2.32. The molecule has 0 saturated carbocycles. The number of carbonyl (C=O) groups is 1. The Hall–Kier alpha value is -3.64. The van der Waals surface area contributed by atoms with E-state index in [9.17, 15) is 4.79 Å². The highest BCUT2D eigenvalue weighted by atomic mass is 32.1. The molecule has 5 aromatic rings. The van der Waals surface area contributed by atoms with Crippen LogP contribution in [0.25, 0.3) is 21.3 Å². The number of carbonyl (C=O) groups excluding carboxylic acids is 1. The molecule has 152 valence electrons. The van der Waals surface area contributed by atoms with Crippen LogP contribution in [0.3, 0.4) is 0 Å². The Morgan fingerprint density at radius 3 is 2.45 bits per heavy atom. The standard InChI is InChI=1S/C25H20N4OS/c1-2-17-8-10-21-23(14-17)31-25(28-21)29(16-18-6-4-3-5-7-18)24(30)19-9-11-20-22(15-19)27-13-12-26-20/h3-15H,2,16H2,1H3. The lowest BCUT2D eigenvalue weighted by molar-refractivity contribution is 0.0985. The average molecular weight is 425 g/mol. The SMILES string of the molecule is CCc1ccc2nc(N(Cc3ccccc3)C(=O)c3ccc4nccnc4c3)sc2c1. The van der Waals surface area contributed by atoms with E-state index in [1.165, 1.54) is 5.56 Å². The molecule has 3 aromatic carbocycles. The Balaban J connectivity index is 1.58. The molecule has 6 heteroatoms. The first kappa shape index (κ1) is 19.3. The maximum atomic E-state index is 13.6. The predicted molar refractivity (Wildman–Crippen MR) is 125 cm³/mol. The van der Waals surface area contributed by atoms with Crippen molar-refractivity contribution >= 4 is 43.6 Å². The summed E-state index contributed by atoms with van der Waals surface area (Å²) in [4.78, 5) is 28.8. The molecule has 0 aliphatic heterocycles. The third-order valence-corrected chi connectivity index (χ3v) is 6.27. The van der Waals surface area contributed by atoms with Crippen LogP contribution in [0, 0.1) is 0 Å². The summed E-state index contributed by atoms with van der Waals surface area (Å²) in [6.07, 6.45) is 4.25. The van der Waals surface area contributed by atoms with Gasteiger partial charge in [0.2, 0.25) is 0 Å². The van der Waals surface area contributed by atoms with E-state index in [1.807, 2.05) is 42.5 Å². The number of amides is 1. The highest BCUT2D eigenvalue weighted by Gasteiger charge is 2.22. The van der Waals surface area contributed by atoms with Gasteiger partial charge in [-0.25, -0.2) is 4.98 Å². The topological polar surface area (TPSA) is 59.0 Å². The minimum Gasteiger partial charge on any atom is -0.279 e. The number of benzene rings is 3. The average Bonchev–Trinajstić information content (AvgIpc) is 3.25. The molecule has 31 heavy (non-hydrogen) atoms. The Labute approximate surface area is 184 Å². The number of thiazole rings is 1. The molecule has 5 rings (SSSR count). The largest absolute Gasteiger partial charge is 0.279 e. The Morgan fingerprint density at radius 2 is 1.65 bits per heavy atom. The lowest BCUT2D eigenvalue weighted by Crippen LogP contribution is -2.30. The van der Waals surface area contributed by atoms with Crippen LogP contribution < -0.4 is 4.90 Å². The summed E-state index contributed by atoms with van der Waals surface area (Å²) < 4.78 is 1.09. The maximum absolute atomic E-state index is 13.6. The zero-order chi connectivity index (χ0) is 21.2. The molecule has 0 saturated heterocycles. The summed E-state index contributed by atoms with van der Waals surface area (Å²) in [6, 6.07) is 21.7. The predicted octanol–water partition coefficient (Wildman–Crippen LogP) is 5.65. The van der Waals surface area contributed by atoms with Gasteiger partial charge < -0.3 is 0 Å². The van der Waals surface area contributed by atoms with Gasteiger partial charge in [0.05, 0.1) is 27.8 Å². The fourth-order valence-corrected chi connectivity index (χ4v) is 4.56. The van der Waals surface area contributed by atoms with E-state index in [0.29, 0.717) is 22.8 Å². The van der Waals surface area contributed by atoms with Crippen molar-refractivity contribution in [1.29, 1.82) is 0 Å². The summed E-state index contributed by atoms with van der Waals surface area (Å²) in [5.41, 5.74) is 5.25. The first-order chi connectivity index (χ1) is 15.2. The Bertz CT molecular complexity index is 1380. The normalized spacial score (nSPS) is 11.1. The van der Waals surface area contributed by atoms with Gasteiger partial charge >= 0.3 is 0 Å². The third kappa shape index (κ3) is 3.90. The molecule has 0 unspecified atom stereocenters. The number of fused-ring (bicyclic) bond motifs is 2.